The number of fused-ring (bicyclic) bond motifs is 1. The molecule has 5 nitrogen and oxygen atoms in total. The van der Waals surface area contributed by atoms with Crippen LogP contribution in [0, 0.1) is 0 Å². The largest absolute Gasteiger partial charge is 0.488 e. The molecule has 1 N–H and O–H groups in total. The maximum Gasteiger partial charge on any atom is 0.330 e. The first-order chi connectivity index (χ1) is 9.44. The second kappa shape index (κ2) is 5.36. The SMILES string of the molecule is COC(=O)C(C)(C)NC(=O)C1=Cc2ccccc2OC1. The van der Waals surface area contributed by atoms with E-state index < -0.39 is 11.5 Å². The molecule has 0 bridgehead atoms. The van der Waals surface area contributed by atoms with E-state index in [2.05, 4.69) is 10.1 Å². The van der Waals surface area contributed by atoms with E-state index in [0.29, 0.717) is 5.57 Å². The van der Waals surface area contributed by atoms with Crippen LogP contribution in [0.3, 0.4) is 0 Å². The summed E-state index contributed by atoms with van der Waals surface area (Å²) in [7, 11) is 1.29. The summed E-state index contributed by atoms with van der Waals surface area (Å²) in [5.74, 6) is -0.0882. The topological polar surface area (TPSA) is 64.6 Å². The van der Waals surface area contributed by atoms with E-state index in [1.165, 1.54) is 7.11 Å². The Morgan fingerprint density at radius 1 is 1.30 bits per heavy atom. The third-order valence-corrected chi connectivity index (χ3v) is 3.05. The molecule has 0 radical (unpaired) electrons. The van der Waals surface area contributed by atoms with E-state index >= 15 is 0 Å². The maximum absolute atomic E-state index is 12.2. The molecule has 0 spiro atoms. The van der Waals surface area contributed by atoms with Gasteiger partial charge in [-0.15, -0.1) is 0 Å². The molecule has 0 saturated heterocycles. The maximum atomic E-state index is 12.2. The number of hydrogen-bond donors (Lipinski definition) is 1. The zero-order valence-corrected chi connectivity index (χ0v) is 11.7. The molecule has 0 saturated carbocycles. The molecule has 0 unspecified atom stereocenters. The molecule has 5 heteroatoms. The van der Waals surface area contributed by atoms with E-state index in [1.54, 1.807) is 19.9 Å². The zero-order valence-electron chi connectivity index (χ0n) is 11.7. The zero-order chi connectivity index (χ0) is 14.8. The van der Waals surface area contributed by atoms with Gasteiger partial charge in [-0.1, -0.05) is 18.2 Å². The molecule has 0 aromatic heterocycles. The number of esters is 1. The first-order valence-electron chi connectivity index (χ1n) is 6.27. The first kappa shape index (κ1) is 14.1. The van der Waals surface area contributed by atoms with Gasteiger partial charge in [0.1, 0.15) is 17.9 Å². The van der Waals surface area contributed by atoms with Crippen molar-refractivity contribution >= 4 is 18.0 Å². The lowest BCUT2D eigenvalue weighted by atomic mass is 10.0. The van der Waals surface area contributed by atoms with Gasteiger partial charge in [0.15, 0.2) is 0 Å². The predicted molar refractivity (Wildman–Crippen MR) is 74.2 cm³/mol. The lowest BCUT2D eigenvalue weighted by molar-refractivity contribution is -0.148. The van der Waals surface area contributed by atoms with E-state index in [0.717, 1.165) is 11.3 Å². The summed E-state index contributed by atoms with van der Waals surface area (Å²) < 4.78 is 10.2. The van der Waals surface area contributed by atoms with Crippen LogP contribution in [0.1, 0.15) is 19.4 Å². The van der Waals surface area contributed by atoms with Crippen LogP contribution in [-0.2, 0) is 14.3 Å². The Morgan fingerprint density at radius 3 is 2.70 bits per heavy atom. The number of ether oxygens (including phenoxy) is 2. The molecule has 20 heavy (non-hydrogen) atoms. The van der Waals surface area contributed by atoms with Crippen molar-refractivity contribution in [3.05, 3.63) is 35.4 Å². The molecule has 1 aliphatic heterocycles. The number of methoxy groups -OCH3 is 1. The highest BCUT2D eigenvalue weighted by Gasteiger charge is 2.32. The molecule has 1 heterocycles. The lowest BCUT2D eigenvalue weighted by Gasteiger charge is -2.25. The van der Waals surface area contributed by atoms with Gasteiger partial charge >= 0.3 is 5.97 Å². The van der Waals surface area contributed by atoms with E-state index in [9.17, 15) is 9.59 Å². The Balaban J connectivity index is 2.16. The van der Waals surface area contributed by atoms with Crippen molar-refractivity contribution in [3.63, 3.8) is 0 Å². The van der Waals surface area contributed by atoms with Gasteiger partial charge in [-0.2, -0.15) is 0 Å². The third-order valence-electron chi connectivity index (χ3n) is 3.05. The normalized spacial score (nSPS) is 13.7. The Labute approximate surface area is 117 Å². The van der Waals surface area contributed by atoms with Crippen LogP contribution in [0.25, 0.3) is 6.08 Å². The molecule has 1 amide bonds. The predicted octanol–water partition coefficient (Wildman–Crippen LogP) is 1.53. The van der Waals surface area contributed by atoms with Crippen LogP contribution in [0.4, 0.5) is 0 Å². The van der Waals surface area contributed by atoms with Crippen LogP contribution in [0.2, 0.25) is 0 Å². The minimum atomic E-state index is -1.08. The lowest BCUT2D eigenvalue weighted by Crippen LogP contribution is -2.51. The Morgan fingerprint density at radius 2 is 2.00 bits per heavy atom. The molecular formula is C15H17NO4. The van der Waals surface area contributed by atoms with Crippen LogP contribution >= 0.6 is 0 Å². The quantitative estimate of drug-likeness (QED) is 0.850. The average molecular weight is 275 g/mol. The van der Waals surface area contributed by atoms with Gasteiger partial charge in [-0.25, -0.2) is 4.79 Å². The second-order valence-electron chi connectivity index (χ2n) is 5.07. The summed E-state index contributed by atoms with van der Waals surface area (Å²) in [4.78, 5) is 23.7. The van der Waals surface area contributed by atoms with E-state index in [4.69, 9.17) is 4.74 Å². The molecule has 1 aromatic rings. The highest BCUT2D eigenvalue weighted by Crippen LogP contribution is 2.25. The van der Waals surface area contributed by atoms with Crippen LogP contribution in [-0.4, -0.2) is 31.1 Å². The van der Waals surface area contributed by atoms with Crippen LogP contribution < -0.4 is 10.1 Å². The number of carbonyl (C=O) groups is 2. The summed E-state index contributed by atoms with van der Waals surface area (Å²) in [5, 5.41) is 2.65. The van der Waals surface area contributed by atoms with Gasteiger partial charge in [0, 0.05) is 5.56 Å². The number of carbonyl (C=O) groups excluding carboxylic acids is 2. The summed E-state index contributed by atoms with van der Waals surface area (Å²) in [6.07, 6.45) is 1.77. The molecule has 0 aliphatic carbocycles. The van der Waals surface area contributed by atoms with Crippen molar-refractivity contribution in [2.75, 3.05) is 13.7 Å². The van der Waals surface area contributed by atoms with Crippen LogP contribution in [0.5, 0.6) is 5.75 Å². The second-order valence-corrected chi connectivity index (χ2v) is 5.07. The molecule has 0 fully saturated rings. The summed E-state index contributed by atoms with van der Waals surface area (Å²) in [6.45, 7) is 3.37. The number of amides is 1. The highest BCUT2D eigenvalue weighted by atomic mass is 16.5. The van der Waals surface area contributed by atoms with Gasteiger partial charge in [0.25, 0.3) is 5.91 Å². The summed E-state index contributed by atoms with van der Waals surface area (Å²) in [5.41, 5.74) is 0.240. The summed E-state index contributed by atoms with van der Waals surface area (Å²) in [6, 6.07) is 7.46. The molecule has 1 aliphatic rings. The Kier molecular flexibility index (Phi) is 3.79. The van der Waals surface area contributed by atoms with Crippen molar-refractivity contribution in [1.29, 1.82) is 0 Å². The minimum absolute atomic E-state index is 0.181. The average Bonchev–Trinajstić information content (AvgIpc) is 2.45. The van der Waals surface area contributed by atoms with Crippen molar-refractivity contribution < 1.29 is 19.1 Å². The smallest absolute Gasteiger partial charge is 0.330 e. The number of hydrogen-bond acceptors (Lipinski definition) is 4. The fraction of sp³-hybridized carbons (Fsp3) is 0.333. The van der Waals surface area contributed by atoms with Gasteiger partial charge in [-0.05, 0) is 26.0 Å². The van der Waals surface area contributed by atoms with E-state index in [-0.39, 0.29) is 12.5 Å². The van der Waals surface area contributed by atoms with Crippen molar-refractivity contribution in [2.45, 2.75) is 19.4 Å². The molecule has 2 rings (SSSR count). The number of benzene rings is 1. The fourth-order valence-corrected chi connectivity index (χ4v) is 1.92. The Hall–Kier alpha value is -2.30. The molecular weight excluding hydrogens is 258 g/mol. The van der Waals surface area contributed by atoms with Crippen molar-refractivity contribution in [1.82, 2.24) is 5.32 Å². The van der Waals surface area contributed by atoms with E-state index in [1.807, 2.05) is 24.3 Å². The van der Waals surface area contributed by atoms with Crippen molar-refractivity contribution in [3.8, 4) is 5.75 Å². The monoisotopic (exact) mass is 275 g/mol. The first-order valence-corrected chi connectivity index (χ1v) is 6.27. The van der Waals surface area contributed by atoms with Crippen LogP contribution in [0.15, 0.2) is 29.8 Å². The van der Waals surface area contributed by atoms with Gasteiger partial charge < -0.3 is 14.8 Å². The third kappa shape index (κ3) is 2.82. The molecule has 1 aromatic carbocycles. The minimum Gasteiger partial charge on any atom is -0.488 e. The van der Waals surface area contributed by atoms with Gasteiger partial charge in [0.2, 0.25) is 0 Å². The summed E-state index contributed by atoms with van der Waals surface area (Å²) >= 11 is 0. The molecule has 0 atom stereocenters. The number of rotatable bonds is 3. The number of nitrogens with one attached hydrogen (secondary N) is 1. The standard InChI is InChI=1S/C15H17NO4/c1-15(2,14(18)19-3)16-13(17)11-8-10-6-4-5-7-12(10)20-9-11/h4-8H,9H2,1-3H3,(H,16,17). The highest BCUT2D eigenvalue weighted by molar-refractivity contribution is 6.01. The van der Waals surface area contributed by atoms with Crippen molar-refractivity contribution in [2.24, 2.45) is 0 Å². The van der Waals surface area contributed by atoms with Gasteiger partial charge in [-0.3, -0.25) is 4.79 Å². The fourth-order valence-electron chi connectivity index (χ4n) is 1.92. The number of para-hydroxylation sites is 1. The molecule has 106 valence electrons. The Bertz CT molecular complexity index is 575. The van der Waals surface area contributed by atoms with Gasteiger partial charge in [0.05, 0.1) is 12.7 Å².